The number of aromatic nitrogens is 4. The Bertz CT molecular complexity index is 807. The van der Waals surface area contributed by atoms with Gasteiger partial charge in [0.25, 0.3) is 0 Å². The molecule has 0 aromatic carbocycles. The Morgan fingerprint density at radius 3 is 2.68 bits per heavy atom. The van der Waals surface area contributed by atoms with Crippen LogP contribution in [0.25, 0.3) is 5.65 Å². The number of rotatable bonds is 4. The van der Waals surface area contributed by atoms with Crippen LogP contribution in [0.15, 0.2) is 17.6 Å². The van der Waals surface area contributed by atoms with Crippen molar-refractivity contribution < 1.29 is 0 Å². The molecule has 3 rings (SSSR count). The first-order chi connectivity index (χ1) is 10.5. The van der Waals surface area contributed by atoms with Crippen LogP contribution in [0.1, 0.15) is 49.0 Å². The molecule has 116 valence electrons. The number of halogens is 1. The van der Waals surface area contributed by atoms with Gasteiger partial charge in [-0.1, -0.05) is 25.4 Å². The van der Waals surface area contributed by atoms with Gasteiger partial charge in [0.15, 0.2) is 5.65 Å². The molecule has 0 unspecified atom stereocenters. The summed E-state index contributed by atoms with van der Waals surface area (Å²) in [6.45, 7) is 8.31. The highest BCUT2D eigenvalue weighted by molar-refractivity contribution is 7.09. The molecule has 0 spiro atoms. The molecule has 0 aliphatic rings. The smallest absolute Gasteiger partial charge is 0.162 e. The maximum absolute atomic E-state index is 6.19. The molecule has 3 heterocycles. The second-order valence-electron chi connectivity index (χ2n) is 5.65. The van der Waals surface area contributed by atoms with Crippen LogP contribution in [0, 0.1) is 6.92 Å². The van der Waals surface area contributed by atoms with Crippen LogP contribution in [0.2, 0.25) is 5.15 Å². The van der Waals surface area contributed by atoms with Crippen molar-refractivity contribution in [1.29, 1.82) is 0 Å². The number of fused-ring (bicyclic) bond motifs is 1. The fourth-order valence-electron chi connectivity index (χ4n) is 2.31. The van der Waals surface area contributed by atoms with E-state index in [4.69, 9.17) is 11.6 Å². The predicted molar refractivity (Wildman–Crippen MR) is 91.0 cm³/mol. The second kappa shape index (κ2) is 5.85. The molecule has 1 N–H and O–H groups in total. The third-order valence-corrected chi connectivity index (χ3v) is 4.80. The number of hydrogen-bond donors (Lipinski definition) is 1. The van der Waals surface area contributed by atoms with Crippen molar-refractivity contribution in [3.8, 4) is 0 Å². The summed E-state index contributed by atoms with van der Waals surface area (Å²) in [5.41, 5.74) is 2.92. The van der Waals surface area contributed by atoms with E-state index < -0.39 is 0 Å². The Morgan fingerprint density at radius 2 is 2.05 bits per heavy atom. The van der Waals surface area contributed by atoms with Gasteiger partial charge in [0.2, 0.25) is 0 Å². The molecule has 0 bridgehead atoms. The topological polar surface area (TPSA) is 55.1 Å². The Morgan fingerprint density at radius 1 is 1.27 bits per heavy atom. The van der Waals surface area contributed by atoms with Crippen molar-refractivity contribution in [2.45, 2.75) is 39.7 Å². The largest absolute Gasteiger partial charge is 0.361 e. The second-order valence-corrected chi connectivity index (χ2v) is 6.92. The first kappa shape index (κ1) is 15.2. The van der Waals surface area contributed by atoms with Crippen LogP contribution in [-0.4, -0.2) is 19.6 Å². The highest BCUT2D eigenvalue weighted by atomic mass is 35.5. The van der Waals surface area contributed by atoms with Gasteiger partial charge in [-0.3, -0.25) is 0 Å². The minimum Gasteiger partial charge on any atom is -0.361 e. The molecule has 0 saturated carbocycles. The summed E-state index contributed by atoms with van der Waals surface area (Å²) in [6, 6.07) is 1.87. The van der Waals surface area contributed by atoms with Gasteiger partial charge in [-0.05, 0) is 19.8 Å². The molecule has 0 fully saturated rings. The van der Waals surface area contributed by atoms with Gasteiger partial charge < -0.3 is 5.32 Å². The van der Waals surface area contributed by atoms with E-state index in [1.54, 1.807) is 21.9 Å². The minimum absolute atomic E-state index is 0.0760. The van der Waals surface area contributed by atoms with Crippen LogP contribution in [0.4, 0.5) is 5.82 Å². The normalized spacial score (nSPS) is 13.0. The van der Waals surface area contributed by atoms with Crippen molar-refractivity contribution >= 4 is 34.4 Å². The van der Waals surface area contributed by atoms with E-state index in [-0.39, 0.29) is 6.04 Å². The average Bonchev–Trinajstić information content (AvgIpc) is 3.04. The number of nitrogens with one attached hydrogen (secondary N) is 1. The average molecular weight is 336 g/mol. The monoisotopic (exact) mass is 335 g/mol. The van der Waals surface area contributed by atoms with Crippen LogP contribution in [0.5, 0.6) is 0 Å². The van der Waals surface area contributed by atoms with Gasteiger partial charge >= 0.3 is 0 Å². The highest BCUT2D eigenvalue weighted by Gasteiger charge is 2.16. The number of aryl methyl sites for hydroxylation is 1. The van der Waals surface area contributed by atoms with E-state index in [2.05, 4.69) is 41.2 Å². The lowest BCUT2D eigenvalue weighted by Crippen LogP contribution is -2.11. The molecule has 22 heavy (non-hydrogen) atoms. The van der Waals surface area contributed by atoms with Crippen molar-refractivity contribution in [1.82, 2.24) is 19.6 Å². The molecule has 5 nitrogen and oxygen atoms in total. The van der Waals surface area contributed by atoms with E-state index in [0.29, 0.717) is 11.1 Å². The van der Waals surface area contributed by atoms with E-state index in [1.165, 1.54) is 0 Å². The van der Waals surface area contributed by atoms with Gasteiger partial charge in [-0.25, -0.2) is 9.97 Å². The molecule has 7 heteroatoms. The summed E-state index contributed by atoms with van der Waals surface area (Å²) in [5, 5.41) is 11.4. The van der Waals surface area contributed by atoms with Crippen molar-refractivity contribution in [2.75, 3.05) is 5.32 Å². The number of nitrogens with zero attached hydrogens (tertiary/aromatic N) is 4. The first-order valence-corrected chi connectivity index (χ1v) is 8.44. The molecule has 0 amide bonds. The number of thiazole rings is 1. The molecule has 0 saturated heterocycles. The number of hydrogen-bond acceptors (Lipinski definition) is 5. The Balaban J connectivity index is 2.00. The third-order valence-electron chi connectivity index (χ3n) is 3.46. The first-order valence-electron chi connectivity index (χ1n) is 7.18. The van der Waals surface area contributed by atoms with Crippen LogP contribution in [-0.2, 0) is 0 Å². The molecular formula is C15H18ClN5S. The van der Waals surface area contributed by atoms with Gasteiger partial charge in [0.05, 0.1) is 12.2 Å². The summed E-state index contributed by atoms with van der Waals surface area (Å²) in [4.78, 5) is 8.93. The van der Waals surface area contributed by atoms with Crippen LogP contribution < -0.4 is 5.32 Å². The molecule has 3 aromatic rings. The zero-order valence-corrected chi connectivity index (χ0v) is 14.5. The molecule has 0 radical (unpaired) electrons. The zero-order valence-electron chi connectivity index (χ0n) is 13.0. The summed E-state index contributed by atoms with van der Waals surface area (Å²) < 4.78 is 1.80. The summed E-state index contributed by atoms with van der Waals surface area (Å²) in [7, 11) is 0. The molecule has 0 aliphatic carbocycles. The minimum atomic E-state index is 0.0760. The number of anilines is 1. The van der Waals surface area contributed by atoms with Crippen molar-refractivity contribution in [3.63, 3.8) is 0 Å². The Labute approximate surface area is 138 Å². The summed E-state index contributed by atoms with van der Waals surface area (Å²) >= 11 is 7.83. The molecular weight excluding hydrogens is 318 g/mol. The van der Waals surface area contributed by atoms with E-state index in [9.17, 15) is 0 Å². The van der Waals surface area contributed by atoms with E-state index in [1.807, 2.05) is 18.5 Å². The lowest BCUT2D eigenvalue weighted by atomic mass is 10.1. The quantitative estimate of drug-likeness (QED) is 0.716. The lowest BCUT2D eigenvalue weighted by molar-refractivity contribution is 0.828. The van der Waals surface area contributed by atoms with Gasteiger partial charge in [0, 0.05) is 22.7 Å². The summed E-state index contributed by atoms with van der Waals surface area (Å²) in [5.74, 6) is 1.16. The Hall–Kier alpha value is -1.66. The maximum atomic E-state index is 6.19. The van der Waals surface area contributed by atoms with Gasteiger partial charge in [-0.15, -0.1) is 11.3 Å². The molecule has 3 aromatic heterocycles. The third kappa shape index (κ3) is 2.80. The van der Waals surface area contributed by atoms with Crippen molar-refractivity contribution in [3.05, 3.63) is 39.1 Å². The fourth-order valence-corrected chi connectivity index (χ4v) is 3.30. The molecule has 0 aliphatic heterocycles. The standard InChI is InChI=1S/C15H18ClN5S/c1-8(2)11-6-17-21-13(5-12(16)20-14(11)21)19-10(4)15-18-9(3)7-22-15/h5-8,10,19H,1-4H3/t10-/m0/s1. The fraction of sp³-hybridized carbons (Fsp3) is 0.400. The van der Waals surface area contributed by atoms with Crippen LogP contribution >= 0.6 is 22.9 Å². The molecule has 1 atom stereocenters. The van der Waals surface area contributed by atoms with Crippen LogP contribution in [0.3, 0.4) is 0 Å². The Kier molecular flexibility index (Phi) is 4.06. The van der Waals surface area contributed by atoms with E-state index in [0.717, 1.165) is 27.7 Å². The maximum Gasteiger partial charge on any atom is 0.162 e. The van der Waals surface area contributed by atoms with Gasteiger partial charge in [0.1, 0.15) is 16.0 Å². The predicted octanol–water partition coefficient (Wildman–Crippen LogP) is 4.44. The zero-order chi connectivity index (χ0) is 15.9. The van der Waals surface area contributed by atoms with Gasteiger partial charge in [-0.2, -0.15) is 9.61 Å². The summed E-state index contributed by atoms with van der Waals surface area (Å²) in [6.07, 6.45) is 1.85. The highest BCUT2D eigenvalue weighted by Crippen LogP contribution is 2.27. The van der Waals surface area contributed by atoms with Crippen molar-refractivity contribution in [2.24, 2.45) is 0 Å². The SMILES string of the molecule is Cc1csc([C@H](C)Nc2cc(Cl)nc3c(C(C)C)cnn23)n1. The lowest BCUT2D eigenvalue weighted by Gasteiger charge is -2.14. The van der Waals surface area contributed by atoms with E-state index >= 15 is 0 Å².